The molecule has 0 spiro atoms. The smallest absolute Gasteiger partial charge is 0.127 e. The highest BCUT2D eigenvalue weighted by Crippen LogP contribution is 2.32. The second-order valence-electron chi connectivity index (χ2n) is 5.81. The number of aromatic hydroxyl groups is 1. The summed E-state index contributed by atoms with van der Waals surface area (Å²) in [6.45, 7) is 0. The predicted molar refractivity (Wildman–Crippen MR) is 94.9 cm³/mol. The van der Waals surface area contributed by atoms with E-state index in [0.717, 1.165) is 16.7 Å². The van der Waals surface area contributed by atoms with Crippen LogP contribution in [0.15, 0.2) is 66.4 Å². The molecule has 0 saturated carbocycles. The molecule has 6 N–H and O–H groups in total. The van der Waals surface area contributed by atoms with Crippen molar-refractivity contribution in [3.05, 3.63) is 83.1 Å². The predicted octanol–water partition coefficient (Wildman–Crippen LogP) is 2.63. The molecular weight excluding hydrogens is 300 g/mol. The van der Waals surface area contributed by atoms with Gasteiger partial charge in [0.2, 0.25) is 0 Å². The molecule has 1 aliphatic rings. The van der Waals surface area contributed by atoms with Gasteiger partial charge in [-0.05, 0) is 47.5 Å². The molecule has 0 fully saturated rings. The lowest BCUT2D eigenvalue weighted by Gasteiger charge is -2.28. The van der Waals surface area contributed by atoms with Crippen LogP contribution in [-0.2, 0) is 0 Å². The van der Waals surface area contributed by atoms with Gasteiger partial charge in [0, 0.05) is 17.5 Å². The maximum atomic E-state index is 9.79. The highest BCUT2D eigenvalue weighted by atomic mass is 16.3. The number of hydrogen-bond acceptors (Lipinski definition) is 4. The summed E-state index contributed by atoms with van der Waals surface area (Å²) < 4.78 is 0. The molecule has 4 nitrogen and oxygen atoms in total. The lowest BCUT2D eigenvalue weighted by Crippen LogP contribution is -2.52. The molecule has 2 aromatic carbocycles. The lowest BCUT2D eigenvalue weighted by atomic mass is 9.87. The molecule has 2 aromatic rings. The van der Waals surface area contributed by atoms with Gasteiger partial charge in [-0.2, -0.15) is 0 Å². The quantitative estimate of drug-likeness (QED) is 0.480. The second-order valence-corrected chi connectivity index (χ2v) is 5.81. The molecule has 4 heteroatoms. The van der Waals surface area contributed by atoms with Gasteiger partial charge >= 0.3 is 0 Å². The Morgan fingerprint density at radius 2 is 1.67 bits per heavy atom. The van der Waals surface area contributed by atoms with Crippen molar-refractivity contribution in [2.75, 3.05) is 0 Å². The van der Waals surface area contributed by atoms with Crippen molar-refractivity contribution in [1.29, 1.82) is 0 Å². The molecular formula is C20H18N2O2. The number of nitrogens with two attached hydrogens (primary N) is 2. The third-order valence-electron chi connectivity index (χ3n) is 3.87. The number of aliphatic hydroxyl groups excluding tert-OH is 1. The fourth-order valence-electron chi connectivity index (χ4n) is 2.56. The maximum Gasteiger partial charge on any atom is 0.127 e. The first-order valence-corrected chi connectivity index (χ1v) is 7.54. The van der Waals surface area contributed by atoms with Crippen LogP contribution in [0.1, 0.15) is 23.1 Å². The average Bonchev–Trinajstić information content (AvgIpc) is 2.56. The fourth-order valence-corrected chi connectivity index (χ4v) is 2.56. The van der Waals surface area contributed by atoms with Gasteiger partial charge in [0.05, 0.1) is 0 Å². The third kappa shape index (κ3) is 3.33. The number of aliphatic hydroxyl groups is 1. The summed E-state index contributed by atoms with van der Waals surface area (Å²) in [5, 5.41) is 19.6. The molecule has 0 heterocycles. The first-order chi connectivity index (χ1) is 11.5. The van der Waals surface area contributed by atoms with Crippen LogP contribution in [0.3, 0.4) is 0 Å². The molecule has 3 rings (SSSR count). The van der Waals surface area contributed by atoms with Crippen molar-refractivity contribution in [2.45, 2.75) is 12.1 Å². The molecule has 120 valence electrons. The lowest BCUT2D eigenvalue weighted by molar-refractivity contribution is 0.299. The van der Waals surface area contributed by atoms with E-state index < -0.39 is 5.66 Å². The van der Waals surface area contributed by atoms with Crippen LogP contribution >= 0.6 is 0 Å². The third-order valence-corrected chi connectivity index (χ3v) is 3.87. The highest BCUT2D eigenvalue weighted by molar-refractivity contribution is 5.75. The van der Waals surface area contributed by atoms with Gasteiger partial charge in [0.15, 0.2) is 0 Å². The Kier molecular flexibility index (Phi) is 4.13. The average molecular weight is 318 g/mol. The second kappa shape index (κ2) is 6.25. The monoisotopic (exact) mass is 318 g/mol. The zero-order chi connectivity index (χ0) is 17.2. The number of phenolic OH excluding ortho intramolecular Hbond substituents is 1. The molecule has 0 atom stereocenters. The molecule has 0 saturated heterocycles. The Bertz CT molecular complexity index is 885. The molecule has 0 aliphatic heterocycles. The molecule has 0 unspecified atom stereocenters. The van der Waals surface area contributed by atoms with Crippen molar-refractivity contribution in [1.82, 2.24) is 0 Å². The van der Waals surface area contributed by atoms with Crippen LogP contribution in [-0.4, -0.2) is 15.9 Å². The van der Waals surface area contributed by atoms with E-state index in [2.05, 4.69) is 11.8 Å². The zero-order valence-corrected chi connectivity index (χ0v) is 13.0. The summed E-state index contributed by atoms with van der Waals surface area (Å²) in [4.78, 5) is 0. The van der Waals surface area contributed by atoms with Crippen molar-refractivity contribution < 1.29 is 10.2 Å². The number of phenols is 1. The van der Waals surface area contributed by atoms with E-state index in [0.29, 0.717) is 5.56 Å². The molecule has 1 aliphatic carbocycles. The summed E-state index contributed by atoms with van der Waals surface area (Å²) in [5.74, 6) is 6.26. The minimum atomic E-state index is -1.30. The number of rotatable bonds is 1. The topological polar surface area (TPSA) is 92.5 Å². The van der Waals surface area contributed by atoms with Crippen LogP contribution in [0.4, 0.5) is 0 Å². The van der Waals surface area contributed by atoms with E-state index in [9.17, 15) is 10.2 Å². The van der Waals surface area contributed by atoms with E-state index in [-0.39, 0.29) is 17.9 Å². The largest absolute Gasteiger partial charge is 0.509 e. The SMILES string of the molecule is NC1(N)CC(c2ccc(O)cc2C#Cc2ccccc2)=CC=C1O. The van der Waals surface area contributed by atoms with Gasteiger partial charge in [-0.3, -0.25) is 0 Å². The maximum absolute atomic E-state index is 9.79. The summed E-state index contributed by atoms with van der Waals surface area (Å²) in [7, 11) is 0. The van der Waals surface area contributed by atoms with E-state index in [4.69, 9.17) is 11.5 Å². The van der Waals surface area contributed by atoms with Gasteiger partial charge in [-0.15, -0.1) is 0 Å². The first kappa shape index (κ1) is 15.9. The molecule has 0 amide bonds. The zero-order valence-electron chi connectivity index (χ0n) is 13.0. The summed E-state index contributed by atoms with van der Waals surface area (Å²) in [5.41, 5.74) is 13.8. The summed E-state index contributed by atoms with van der Waals surface area (Å²) in [6, 6.07) is 14.6. The van der Waals surface area contributed by atoms with Gasteiger partial charge in [-0.25, -0.2) is 0 Å². The van der Waals surface area contributed by atoms with E-state index >= 15 is 0 Å². The first-order valence-electron chi connectivity index (χ1n) is 7.54. The van der Waals surface area contributed by atoms with Gasteiger partial charge in [0.1, 0.15) is 17.2 Å². The van der Waals surface area contributed by atoms with Crippen LogP contribution in [0.5, 0.6) is 5.75 Å². The van der Waals surface area contributed by atoms with Crippen LogP contribution in [0.25, 0.3) is 5.57 Å². The number of hydrogen-bond donors (Lipinski definition) is 4. The molecule has 24 heavy (non-hydrogen) atoms. The van der Waals surface area contributed by atoms with Crippen LogP contribution in [0, 0.1) is 11.8 Å². The molecule has 0 radical (unpaired) electrons. The Morgan fingerprint density at radius 3 is 2.38 bits per heavy atom. The van der Waals surface area contributed by atoms with Gasteiger partial charge in [0.25, 0.3) is 0 Å². The molecule has 0 aromatic heterocycles. The molecule has 0 bridgehead atoms. The van der Waals surface area contributed by atoms with Crippen molar-refractivity contribution in [3.8, 4) is 17.6 Å². The van der Waals surface area contributed by atoms with Gasteiger partial charge < -0.3 is 21.7 Å². The highest BCUT2D eigenvalue weighted by Gasteiger charge is 2.29. The van der Waals surface area contributed by atoms with E-state index in [1.165, 1.54) is 6.08 Å². The normalized spacial score (nSPS) is 15.8. The Labute approximate surface area is 140 Å². The van der Waals surface area contributed by atoms with Crippen molar-refractivity contribution in [2.24, 2.45) is 11.5 Å². The van der Waals surface area contributed by atoms with E-state index in [1.807, 2.05) is 30.3 Å². The summed E-state index contributed by atoms with van der Waals surface area (Å²) in [6.07, 6.45) is 3.55. The summed E-state index contributed by atoms with van der Waals surface area (Å²) >= 11 is 0. The Hall–Kier alpha value is -3.00. The Morgan fingerprint density at radius 1 is 0.917 bits per heavy atom. The Balaban J connectivity index is 2.03. The van der Waals surface area contributed by atoms with E-state index in [1.54, 1.807) is 24.3 Å². The van der Waals surface area contributed by atoms with Crippen LogP contribution in [0.2, 0.25) is 0 Å². The number of allylic oxidation sites excluding steroid dienone is 2. The van der Waals surface area contributed by atoms with Gasteiger partial charge in [-0.1, -0.05) is 36.1 Å². The van der Waals surface area contributed by atoms with Crippen LogP contribution < -0.4 is 11.5 Å². The fraction of sp³-hybridized carbons (Fsp3) is 0.100. The van der Waals surface area contributed by atoms with Crippen molar-refractivity contribution >= 4 is 5.57 Å². The van der Waals surface area contributed by atoms with Crippen molar-refractivity contribution in [3.63, 3.8) is 0 Å². The minimum Gasteiger partial charge on any atom is -0.509 e. The number of benzene rings is 2. The minimum absolute atomic E-state index is 0.0538. The standard InChI is InChI=1S/C20H18N2O2/c21-20(22)13-16(8-11-19(20)24)18-10-9-17(23)12-15(18)7-6-14-4-2-1-3-5-14/h1-5,8-12,23-24H,13,21-22H2.